The highest BCUT2D eigenvalue weighted by Crippen LogP contribution is 2.17. The first-order valence-electron chi connectivity index (χ1n) is 6.02. The molecule has 17 heavy (non-hydrogen) atoms. The molecule has 2 heteroatoms. The van der Waals surface area contributed by atoms with Crippen molar-refractivity contribution in [2.24, 2.45) is 0 Å². The average molecular weight is 229 g/mol. The van der Waals surface area contributed by atoms with Crippen LogP contribution in [0.5, 0.6) is 0 Å². The summed E-state index contributed by atoms with van der Waals surface area (Å²) in [5.74, 6) is 0. The van der Waals surface area contributed by atoms with E-state index in [1.807, 2.05) is 6.07 Å². The van der Waals surface area contributed by atoms with Crippen LogP contribution in [0.15, 0.2) is 36.5 Å². The average Bonchev–Trinajstić information content (AvgIpc) is 2.60. The zero-order valence-electron chi connectivity index (χ0n) is 10.5. The molecule has 0 radical (unpaired) electrons. The van der Waals surface area contributed by atoms with E-state index in [0.717, 1.165) is 13.0 Å². The van der Waals surface area contributed by atoms with Gasteiger partial charge in [0.2, 0.25) is 0 Å². The van der Waals surface area contributed by atoms with Crippen LogP contribution in [-0.4, -0.2) is 16.3 Å². The van der Waals surface area contributed by atoms with Gasteiger partial charge in [0.05, 0.1) is 0 Å². The molecule has 0 aliphatic carbocycles. The Morgan fingerprint density at radius 2 is 1.82 bits per heavy atom. The third-order valence-electron chi connectivity index (χ3n) is 3.34. The van der Waals surface area contributed by atoms with Crippen molar-refractivity contribution in [2.75, 3.05) is 6.61 Å². The SMILES string of the molecule is Cc1c(CCO)cn(Cc2ccccc2)c1C. The summed E-state index contributed by atoms with van der Waals surface area (Å²) >= 11 is 0. The Morgan fingerprint density at radius 3 is 2.47 bits per heavy atom. The molecule has 0 saturated heterocycles. The minimum absolute atomic E-state index is 0.218. The van der Waals surface area contributed by atoms with Crippen molar-refractivity contribution in [2.45, 2.75) is 26.8 Å². The Balaban J connectivity index is 2.25. The van der Waals surface area contributed by atoms with E-state index in [-0.39, 0.29) is 6.61 Å². The highest BCUT2D eigenvalue weighted by atomic mass is 16.2. The minimum atomic E-state index is 0.218. The van der Waals surface area contributed by atoms with Crippen molar-refractivity contribution in [3.8, 4) is 0 Å². The molecule has 2 rings (SSSR count). The summed E-state index contributed by atoms with van der Waals surface area (Å²) in [5.41, 5.74) is 5.15. The monoisotopic (exact) mass is 229 g/mol. The molecular weight excluding hydrogens is 210 g/mol. The van der Waals surface area contributed by atoms with Gasteiger partial charge >= 0.3 is 0 Å². The third-order valence-corrected chi connectivity index (χ3v) is 3.34. The molecule has 1 heterocycles. The maximum absolute atomic E-state index is 9.02. The Bertz CT molecular complexity index is 485. The van der Waals surface area contributed by atoms with E-state index in [1.54, 1.807) is 0 Å². The Morgan fingerprint density at radius 1 is 1.12 bits per heavy atom. The molecule has 0 fully saturated rings. The van der Waals surface area contributed by atoms with Crippen molar-refractivity contribution >= 4 is 0 Å². The summed E-state index contributed by atoms with van der Waals surface area (Å²) in [7, 11) is 0. The van der Waals surface area contributed by atoms with Gasteiger partial charge < -0.3 is 9.67 Å². The van der Waals surface area contributed by atoms with Gasteiger partial charge in [0.1, 0.15) is 0 Å². The van der Waals surface area contributed by atoms with E-state index in [0.29, 0.717) is 0 Å². The molecule has 0 bridgehead atoms. The molecule has 90 valence electrons. The number of aliphatic hydroxyl groups excluding tert-OH is 1. The number of benzene rings is 1. The number of rotatable bonds is 4. The van der Waals surface area contributed by atoms with E-state index in [4.69, 9.17) is 5.11 Å². The van der Waals surface area contributed by atoms with Crippen LogP contribution in [0.25, 0.3) is 0 Å². The van der Waals surface area contributed by atoms with Crippen LogP contribution in [0.4, 0.5) is 0 Å². The summed E-state index contributed by atoms with van der Waals surface area (Å²) in [6.45, 7) is 5.38. The fraction of sp³-hybridized carbons (Fsp3) is 0.333. The number of nitrogens with zero attached hydrogens (tertiary/aromatic N) is 1. The van der Waals surface area contributed by atoms with Gasteiger partial charge in [-0.05, 0) is 37.0 Å². The molecule has 1 aromatic carbocycles. The standard InChI is InChI=1S/C15H19NO/c1-12-13(2)16(11-15(12)8-9-17)10-14-6-4-3-5-7-14/h3-7,11,17H,8-10H2,1-2H3. The summed E-state index contributed by atoms with van der Waals surface area (Å²) < 4.78 is 2.26. The predicted molar refractivity (Wildman–Crippen MR) is 70.2 cm³/mol. The second-order valence-electron chi connectivity index (χ2n) is 4.45. The maximum Gasteiger partial charge on any atom is 0.0472 e. The molecule has 1 N–H and O–H groups in total. The lowest BCUT2D eigenvalue weighted by atomic mass is 10.1. The van der Waals surface area contributed by atoms with Crippen LogP contribution in [0, 0.1) is 13.8 Å². The fourth-order valence-corrected chi connectivity index (χ4v) is 2.15. The van der Waals surface area contributed by atoms with Crippen LogP contribution in [-0.2, 0) is 13.0 Å². The molecule has 2 nitrogen and oxygen atoms in total. The van der Waals surface area contributed by atoms with Gasteiger partial charge in [0.15, 0.2) is 0 Å². The molecule has 0 spiro atoms. The maximum atomic E-state index is 9.02. The van der Waals surface area contributed by atoms with Gasteiger partial charge in [-0.2, -0.15) is 0 Å². The second kappa shape index (κ2) is 5.19. The Kier molecular flexibility index (Phi) is 3.64. The van der Waals surface area contributed by atoms with Crippen LogP contribution in [0.2, 0.25) is 0 Å². The van der Waals surface area contributed by atoms with E-state index >= 15 is 0 Å². The van der Waals surface area contributed by atoms with E-state index in [1.165, 1.54) is 22.4 Å². The smallest absolute Gasteiger partial charge is 0.0472 e. The van der Waals surface area contributed by atoms with E-state index < -0.39 is 0 Å². The summed E-state index contributed by atoms with van der Waals surface area (Å²) in [6.07, 6.45) is 2.91. The second-order valence-corrected chi connectivity index (χ2v) is 4.45. The lowest BCUT2D eigenvalue weighted by Crippen LogP contribution is -2.00. The van der Waals surface area contributed by atoms with Crippen LogP contribution in [0.3, 0.4) is 0 Å². The largest absolute Gasteiger partial charge is 0.396 e. The molecule has 0 amide bonds. The molecule has 2 aromatic rings. The highest BCUT2D eigenvalue weighted by Gasteiger charge is 2.08. The summed E-state index contributed by atoms with van der Waals surface area (Å²) in [4.78, 5) is 0. The molecule has 0 aliphatic rings. The number of aliphatic hydroxyl groups is 1. The first kappa shape index (κ1) is 11.9. The van der Waals surface area contributed by atoms with Crippen molar-refractivity contribution in [1.29, 1.82) is 0 Å². The van der Waals surface area contributed by atoms with E-state index in [9.17, 15) is 0 Å². The summed E-state index contributed by atoms with van der Waals surface area (Å²) in [6, 6.07) is 10.4. The molecule has 0 saturated carbocycles. The molecule has 0 aliphatic heterocycles. The van der Waals surface area contributed by atoms with Gasteiger partial charge in [-0.25, -0.2) is 0 Å². The van der Waals surface area contributed by atoms with Crippen LogP contribution in [0.1, 0.15) is 22.4 Å². The summed E-state index contributed by atoms with van der Waals surface area (Å²) in [5, 5.41) is 9.02. The van der Waals surface area contributed by atoms with Crippen molar-refractivity contribution in [3.63, 3.8) is 0 Å². The van der Waals surface area contributed by atoms with Gasteiger partial charge in [-0.3, -0.25) is 0 Å². The minimum Gasteiger partial charge on any atom is -0.396 e. The first-order chi connectivity index (χ1) is 8.22. The molecule has 1 aromatic heterocycles. The molecular formula is C15H19NO. The highest BCUT2D eigenvalue weighted by molar-refractivity contribution is 5.31. The topological polar surface area (TPSA) is 25.2 Å². The fourth-order valence-electron chi connectivity index (χ4n) is 2.15. The van der Waals surface area contributed by atoms with Gasteiger partial charge in [-0.15, -0.1) is 0 Å². The lowest BCUT2D eigenvalue weighted by Gasteiger charge is -2.06. The molecule has 0 unspecified atom stereocenters. The van der Waals surface area contributed by atoms with Crippen molar-refractivity contribution < 1.29 is 5.11 Å². The quantitative estimate of drug-likeness (QED) is 0.856. The van der Waals surface area contributed by atoms with Crippen molar-refractivity contribution in [1.82, 2.24) is 4.57 Å². The number of hydrogen-bond donors (Lipinski definition) is 1. The normalized spacial score (nSPS) is 10.8. The van der Waals surface area contributed by atoms with Crippen LogP contribution >= 0.6 is 0 Å². The Hall–Kier alpha value is -1.54. The first-order valence-corrected chi connectivity index (χ1v) is 6.02. The van der Waals surface area contributed by atoms with Gasteiger partial charge in [-0.1, -0.05) is 30.3 Å². The van der Waals surface area contributed by atoms with Gasteiger partial charge in [0, 0.05) is 25.0 Å². The number of aromatic nitrogens is 1. The predicted octanol–water partition coefficient (Wildman–Crippen LogP) is 2.69. The van der Waals surface area contributed by atoms with Gasteiger partial charge in [0.25, 0.3) is 0 Å². The zero-order valence-corrected chi connectivity index (χ0v) is 10.5. The zero-order chi connectivity index (χ0) is 12.3. The molecule has 0 atom stereocenters. The number of hydrogen-bond acceptors (Lipinski definition) is 1. The van der Waals surface area contributed by atoms with Crippen LogP contribution < -0.4 is 0 Å². The van der Waals surface area contributed by atoms with Crippen molar-refractivity contribution in [3.05, 3.63) is 58.9 Å². The third kappa shape index (κ3) is 2.59. The van der Waals surface area contributed by atoms with E-state index in [2.05, 4.69) is 48.9 Å². The Labute approximate surface area is 103 Å². The lowest BCUT2D eigenvalue weighted by molar-refractivity contribution is 0.299.